The maximum absolute atomic E-state index is 14.3. The van der Waals surface area contributed by atoms with Crippen LogP contribution >= 0.6 is 0 Å². The quantitative estimate of drug-likeness (QED) is 0.118. The van der Waals surface area contributed by atoms with Gasteiger partial charge in [-0.2, -0.15) is 0 Å². The van der Waals surface area contributed by atoms with Gasteiger partial charge in [0.1, 0.15) is 36.9 Å². The summed E-state index contributed by atoms with van der Waals surface area (Å²) in [6.45, 7) is 12.8. The Balaban J connectivity index is 1.15. The van der Waals surface area contributed by atoms with E-state index in [0.29, 0.717) is 55.8 Å². The fourth-order valence-corrected chi connectivity index (χ4v) is 7.07. The molecule has 272 valence electrons. The van der Waals surface area contributed by atoms with E-state index >= 15 is 0 Å². The summed E-state index contributed by atoms with van der Waals surface area (Å²) in [4.78, 5) is 29.2. The molecule has 4 aromatic carbocycles. The summed E-state index contributed by atoms with van der Waals surface area (Å²) >= 11 is 0. The van der Waals surface area contributed by atoms with Crippen LogP contribution in [-0.2, 0) is 42.3 Å². The van der Waals surface area contributed by atoms with E-state index in [1.807, 2.05) is 84.6 Å². The van der Waals surface area contributed by atoms with E-state index in [-0.39, 0.29) is 24.0 Å². The molecule has 0 aromatic heterocycles. The number of esters is 1. The van der Waals surface area contributed by atoms with E-state index in [4.69, 9.17) is 14.2 Å². The number of hydrogen-bond donors (Lipinski definition) is 1. The minimum Gasteiger partial charge on any atom is -0.488 e. The van der Waals surface area contributed by atoms with Gasteiger partial charge in [0.15, 0.2) is 0 Å². The van der Waals surface area contributed by atoms with Crippen molar-refractivity contribution in [1.82, 2.24) is 10.2 Å². The zero-order chi connectivity index (χ0) is 36.5. The van der Waals surface area contributed by atoms with Crippen molar-refractivity contribution >= 4 is 17.4 Å². The third-order valence-corrected chi connectivity index (χ3v) is 9.91. The molecule has 0 radical (unpaired) electrons. The molecule has 1 atom stereocenters. The Morgan fingerprint density at radius 2 is 1.40 bits per heavy atom. The van der Waals surface area contributed by atoms with Crippen molar-refractivity contribution in [3.05, 3.63) is 137 Å². The first-order valence-corrected chi connectivity index (χ1v) is 18.7. The highest BCUT2D eigenvalue weighted by atomic mass is 16.5. The molecule has 7 nitrogen and oxygen atoms in total. The van der Waals surface area contributed by atoms with Crippen LogP contribution in [0.4, 0.5) is 0 Å². The molecule has 1 aliphatic carbocycles. The summed E-state index contributed by atoms with van der Waals surface area (Å²) < 4.78 is 18.5. The number of benzene rings is 4. The number of nitrogens with one attached hydrogen (secondary N) is 1. The molecule has 2 aliphatic rings. The molecule has 1 N–H and O–H groups in total. The largest absolute Gasteiger partial charge is 0.488 e. The first kappa shape index (κ1) is 36.9. The van der Waals surface area contributed by atoms with Gasteiger partial charge in [-0.3, -0.25) is 9.59 Å². The molecule has 1 saturated carbocycles. The van der Waals surface area contributed by atoms with Gasteiger partial charge in [-0.1, -0.05) is 99.3 Å². The molecule has 1 amide bonds. The van der Waals surface area contributed by atoms with Crippen LogP contribution in [-0.4, -0.2) is 35.5 Å². The molecule has 1 fully saturated rings. The summed E-state index contributed by atoms with van der Waals surface area (Å²) in [5.74, 6) is 1.26. The normalized spacial score (nSPS) is 14.7. The highest BCUT2D eigenvalue weighted by Gasteiger charge is 2.29. The molecular formula is C45H52N2O5. The zero-order valence-corrected chi connectivity index (χ0v) is 30.9. The van der Waals surface area contributed by atoms with E-state index in [1.165, 1.54) is 5.56 Å². The SMILES string of the molecule is C=C(C)c1cc(C(=O)N2Cc3ccc(CCN[C@@H](CC(C)C)C(=O)OC4CCCC4)cc3C2)c(OCc2ccccc2)cc1OCc1ccccc1. The van der Waals surface area contributed by atoms with Crippen LogP contribution < -0.4 is 14.8 Å². The van der Waals surface area contributed by atoms with Gasteiger partial charge in [0.2, 0.25) is 0 Å². The monoisotopic (exact) mass is 700 g/mol. The lowest BCUT2D eigenvalue weighted by molar-refractivity contribution is -0.151. The molecule has 52 heavy (non-hydrogen) atoms. The van der Waals surface area contributed by atoms with E-state index in [0.717, 1.165) is 71.9 Å². The Morgan fingerprint density at radius 1 is 0.788 bits per heavy atom. The maximum atomic E-state index is 14.3. The highest BCUT2D eigenvalue weighted by molar-refractivity contribution is 5.98. The van der Waals surface area contributed by atoms with Crippen molar-refractivity contribution in [3.63, 3.8) is 0 Å². The third kappa shape index (κ3) is 9.71. The summed E-state index contributed by atoms with van der Waals surface area (Å²) in [6.07, 6.45) is 5.80. The molecule has 7 heteroatoms. The number of carbonyl (C=O) groups is 2. The summed E-state index contributed by atoms with van der Waals surface area (Å²) in [6, 6.07) is 29.8. The summed E-state index contributed by atoms with van der Waals surface area (Å²) in [7, 11) is 0. The first-order valence-electron chi connectivity index (χ1n) is 18.7. The number of nitrogens with zero attached hydrogens (tertiary/aromatic N) is 1. The molecule has 6 rings (SSSR count). The van der Waals surface area contributed by atoms with E-state index in [2.05, 4.69) is 43.9 Å². The standard InChI is InChI=1S/C45H52N2O5/c1-31(2)23-41(45(49)52-38-17-11-12-18-38)46-22-21-33-19-20-36-27-47(28-37(36)24-33)44(48)40-25-39(32(3)4)42(50-29-34-13-7-5-8-14-34)26-43(40)51-30-35-15-9-6-10-16-35/h5-10,13-16,19-20,24-26,31,38,41,46H,3,11-12,17-18,21-23,27-30H2,1-2,4H3/t41-/m0/s1. The maximum Gasteiger partial charge on any atom is 0.323 e. The average Bonchev–Trinajstić information content (AvgIpc) is 3.83. The molecule has 1 heterocycles. The van der Waals surface area contributed by atoms with Gasteiger partial charge in [0, 0.05) is 24.7 Å². The number of allylic oxidation sites excluding steroid dienone is 1. The van der Waals surface area contributed by atoms with Crippen molar-refractivity contribution in [1.29, 1.82) is 0 Å². The van der Waals surface area contributed by atoms with Crippen LogP contribution in [0.3, 0.4) is 0 Å². The second-order valence-corrected chi connectivity index (χ2v) is 14.7. The van der Waals surface area contributed by atoms with Crippen LogP contribution in [0.2, 0.25) is 0 Å². The minimum absolute atomic E-state index is 0.0659. The Kier molecular flexibility index (Phi) is 12.5. The fourth-order valence-electron chi connectivity index (χ4n) is 7.07. The average molecular weight is 701 g/mol. The van der Waals surface area contributed by atoms with Crippen LogP contribution in [0.25, 0.3) is 5.57 Å². The number of rotatable bonds is 16. The van der Waals surface area contributed by atoms with E-state index in [1.54, 1.807) is 0 Å². The molecular weight excluding hydrogens is 649 g/mol. The topological polar surface area (TPSA) is 77.1 Å². The number of hydrogen-bond acceptors (Lipinski definition) is 6. The number of ether oxygens (including phenoxy) is 3. The van der Waals surface area contributed by atoms with Crippen molar-refractivity contribution in [3.8, 4) is 11.5 Å². The van der Waals surface area contributed by atoms with Crippen molar-refractivity contribution in [2.75, 3.05) is 6.54 Å². The van der Waals surface area contributed by atoms with E-state index < -0.39 is 0 Å². The van der Waals surface area contributed by atoms with Crippen LogP contribution in [0.5, 0.6) is 11.5 Å². The van der Waals surface area contributed by atoms with Crippen molar-refractivity contribution in [2.24, 2.45) is 5.92 Å². The van der Waals surface area contributed by atoms with Gasteiger partial charge in [0.25, 0.3) is 5.91 Å². The van der Waals surface area contributed by atoms with E-state index in [9.17, 15) is 9.59 Å². The van der Waals surface area contributed by atoms with Crippen LogP contribution in [0.15, 0.2) is 97.6 Å². The van der Waals surface area contributed by atoms with Crippen molar-refractivity contribution < 1.29 is 23.8 Å². The highest BCUT2D eigenvalue weighted by Crippen LogP contribution is 2.36. The molecule has 1 aliphatic heterocycles. The molecule has 0 bridgehead atoms. The second kappa shape index (κ2) is 17.6. The van der Waals surface area contributed by atoms with Gasteiger partial charge in [-0.15, -0.1) is 0 Å². The predicted molar refractivity (Wildman–Crippen MR) is 206 cm³/mol. The van der Waals surface area contributed by atoms with Crippen LogP contribution in [0, 0.1) is 5.92 Å². The minimum atomic E-state index is -0.305. The smallest absolute Gasteiger partial charge is 0.323 e. The number of fused-ring (bicyclic) bond motifs is 1. The van der Waals surface area contributed by atoms with Gasteiger partial charge in [0.05, 0.1) is 5.56 Å². The Labute approximate surface area is 309 Å². The zero-order valence-electron chi connectivity index (χ0n) is 30.9. The molecule has 0 spiro atoms. The third-order valence-electron chi connectivity index (χ3n) is 9.91. The van der Waals surface area contributed by atoms with Gasteiger partial charge in [-0.25, -0.2) is 0 Å². The molecule has 0 saturated heterocycles. The first-order chi connectivity index (χ1) is 25.2. The number of amides is 1. The molecule has 4 aromatic rings. The Hall–Kier alpha value is -4.88. The molecule has 0 unspecified atom stereocenters. The van der Waals surface area contributed by atoms with Gasteiger partial charge < -0.3 is 24.4 Å². The van der Waals surface area contributed by atoms with Crippen LogP contribution in [0.1, 0.15) is 96.6 Å². The lowest BCUT2D eigenvalue weighted by Crippen LogP contribution is -2.41. The predicted octanol–water partition coefficient (Wildman–Crippen LogP) is 9.07. The lowest BCUT2D eigenvalue weighted by atomic mass is 10.0. The van der Waals surface area contributed by atoms with Crippen molar-refractivity contribution in [2.45, 2.75) is 97.7 Å². The Morgan fingerprint density at radius 3 is 2.02 bits per heavy atom. The van der Waals surface area contributed by atoms with Gasteiger partial charge >= 0.3 is 5.97 Å². The number of carbonyl (C=O) groups excluding carboxylic acids is 2. The van der Waals surface area contributed by atoms with Gasteiger partial charge in [-0.05, 0) is 97.4 Å². The summed E-state index contributed by atoms with van der Waals surface area (Å²) in [5.41, 5.74) is 7.57. The summed E-state index contributed by atoms with van der Waals surface area (Å²) in [5, 5.41) is 3.49. The lowest BCUT2D eigenvalue weighted by Gasteiger charge is -2.22. The fraction of sp³-hybridized carbons (Fsp3) is 0.378. The Bertz CT molecular complexity index is 1830. The second-order valence-electron chi connectivity index (χ2n) is 14.7.